The molecule has 0 saturated carbocycles. The van der Waals surface area contributed by atoms with Crippen LogP contribution in [-0.2, 0) is 18.3 Å². The highest BCUT2D eigenvalue weighted by atomic mass is 19.1. The predicted octanol–water partition coefficient (Wildman–Crippen LogP) is 3.42. The number of benzene rings is 2. The van der Waals surface area contributed by atoms with Crippen molar-refractivity contribution >= 4 is 22.7 Å². The molecule has 8 heteroatoms. The van der Waals surface area contributed by atoms with Crippen LogP contribution >= 0.6 is 0 Å². The van der Waals surface area contributed by atoms with Crippen molar-refractivity contribution in [1.82, 2.24) is 9.55 Å². The third kappa shape index (κ3) is 3.32. The van der Waals surface area contributed by atoms with Gasteiger partial charge in [0.15, 0.2) is 5.58 Å². The van der Waals surface area contributed by atoms with E-state index in [1.807, 2.05) is 0 Å². The Bertz CT molecular complexity index is 1250. The van der Waals surface area contributed by atoms with Crippen molar-refractivity contribution in [2.24, 2.45) is 7.05 Å². The maximum Gasteiger partial charge on any atom is 0.419 e. The number of nitrogens with zero attached hydrogens (tertiary/aromatic N) is 2. The van der Waals surface area contributed by atoms with Gasteiger partial charge in [0.25, 0.3) is 0 Å². The van der Waals surface area contributed by atoms with Crippen LogP contribution in [0, 0.1) is 12.7 Å². The number of oxazole rings is 2. The summed E-state index contributed by atoms with van der Waals surface area (Å²) >= 11 is 0. The Kier molecular flexibility index (Phi) is 4.31. The fraction of sp³-hybridized carbons (Fsp3) is 0.150. The smallest absolute Gasteiger partial charge is 0.419 e. The number of hydrogen-bond acceptors (Lipinski definition) is 5. The number of halogens is 1. The van der Waals surface area contributed by atoms with Gasteiger partial charge in [0.2, 0.25) is 11.8 Å². The van der Waals surface area contributed by atoms with Crippen LogP contribution in [0.1, 0.15) is 11.5 Å². The average molecular weight is 381 g/mol. The fourth-order valence-corrected chi connectivity index (χ4v) is 2.90. The lowest BCUT2D eigenvalue weighted by Gasteiger charge is -2.04. The Morgan fingerprint density at radius 3 is 2.82 bits per heavy atom. The highest BCUT2D eigenvalue weighted by Crippen LogP contribution is 2.23. The van der Waals surface area contributed by atoms with Gasteiger partial charge in [-0.15, -0.1) is 0 Å². The van der Waals surface area contributed by atoms with Crippen molar-refractivity contribution in [3.05, 3.63) is 70.3 Å². The molecular formula is C20H16FN3O4. The van der Waals surface area contributed by atoms with Gasteiger partial charge in [0, 0.05) is 18.3 Å². The van der Waals surface area contributed by atoms with E-state index in [-0.39, 0.29) is 18.2 Å². The zero-order valence-corrected chi connectivity index (χ0v) is 15.2. The highest BCUT2D eigenvalue weighted by Gasteiger charge is 2.16. The zero-order valence-electron chi connectivity index (χ0n) is 15.2. The van der Waals surface area contributed by atoms with E-state index in [1.54, 1.807) is 44.3 Å². The summed E-state index contributed by atoms with van der Waals surface area (Å²) in [6, 6.07) is 10.8. The topological polar surface area (TPSA) is 90.3 Å². The Hall–Kier alpha value is -3.68. The second-order valence-electron chi connectivity index (χ2n) is 6.37. The number of amides is 1. The molecule has 0 atom stereocenters. The van der Waals surface area contributed by atoms with E-state index in [0.29, 0.717) is 33.8 Å². The summed E-state index contributed by atoms with van der Waals surface area (Å²) < 4.78 is 25.4. The van der Waals surface area contributed by atoms with E-state index >= 15 is 0 Å². The van der Waals surface area contributed by atoms with Gasteiger partial charge >= 0.3 is 5.76 Å². The lowest BCUT2D eigenvalue weighted by Crippen LogP contribution is -2.15. The average Bonchev–Trinajstić information content (AvgIpc) is 3.15. The predicted molar refractivity (Wildman–Crippen MR) is 100 cm³/mol. The number of aromatic nitrogens is 2. The van der Waals surface area contributed by atoms with Gasteiger partial charge in [-0.05, 0) is 43.3 Å². The van der Waals surface area contributed by atoms with Crippen LogP contribution in [0.3, 0.4) is 0 Å². The first-order valence-electron chi connectivity index (χ1n) is 8.52. The van der Waals surface area contributed by atoms with Gasteiger partial charge in [-0.2, -0.15) is 0 Å². The molecule has 2 aromatic heterocycles. The van der Waals surface area contributed by atoms with Crippen LogP contribution in [0.2, 0.25) is 0 Å². The maximum absolute atomic E-state index is 13.4. The zero-order chi connectivity index (χ0) is 19.8. The second-order valence-corrected chi connectivity index (χ2v) is 6.37. The number of anilines is 1. The monoisotopic (exact) mass is 381 g/mol. The molecule has 28 heavy (non-hydrogen) atoms. The number of nitrogens with one attached hydrogen (secondary N) is 1. The molecule has 0 fully saturated rings. The van der Waals surface area contributed by atoms with E-state index < -0.39 is 11.6 Å². The molecule has 0 aliphatic heterocycles. The molecule has 0 aliphatic carbocycles. The molecule has 0 bridgehead atoms. The minimum atomic E-state index is -0.471. The second kappa shape index (κ2) is 6.80. The van der Waals surface area contributed by atoms with E-state index in [4.69, 9.17) is 8.83 Å². The molecule has 1 amide bonds. The summed E-state index contributed by atoms with van der Waals surface area (Å²) in [7, 11) is 1.59. The highest BCUT2D eigenvalue weighted by molar-refractivity contribution is 5.94. The van der Waals surface area contributed by atoms with Gasteiger partial charge < -0.3 is 14.2 Å². The number of rotatable bonds is 4. The van der Waals surface area contributed by atoms with Gasteiger partial charge in [0.05, 0.1) is 17.6 Å². The molecule has 0 spiro atoms. The van der Waals surface area contributed by atoms with Crippen LogP contribution in [0.25, 0.3) is 22.6 Å². The van der Waals surface area contributed by atoms with E-state index in [2.05, 4.69) is 10.3 Å². The molecule has 2 aromatic carbocycles. The lowest BCUT2D eigenvalue weighted by atomic mass is 10.2. The summed E-state index contributed by atoms with van der Waals surface area (Å²) in [6.45, 7) is 1.70. The van der Waals surface area contributed by atoms with Crippen molar-refractivity contribution in [1.29, 1.82) is 0 Å². The summed E-state index contributed by atoms with van der Waals surface area (Å²) in [4.78, 5) is 28.3. The van der Waals surface area contributed by atoms with Crippen molar-refractivity contribution < 1.29 is 18.0 Å². The van der Waals surface area contributed by atoms with Gasteiger partial charge in [-0.25, -0.2) is 14.2 Å². The minimum Gasteiger partial charge on any atom is -0.441 e. The third-order valence-corrected chi connectivity index (χ3v) is 4.37. The van der Waals surface area contributed by atoms with Crippen molar-refractivity contribution in [3.63, 3.8) is 0 Å². The lowest BCUT2D eigenvalue weighted by molar-refractivity contribution is -0.115. The van der Waals surface area contributed by atoms with E-state index in [0.717, 1.165) is 0 Å². The molecule has 0 radical (unpaired) electrons. The quantitative estimate of drug-likeness (QED) is 0.585. The number of fused-ring (bicyclic) bond motifs is 1. The Balaban J connectivity index is 1.52. The largest absolute Gasteiger partial charge is 0.441 e. The van der Waals surface area contributed by atoms with Gasteiger partial charge in [-0.1, -0.05) is 6.07 Å². The molecule has 0 aliphatic rings. The van der Waals surface area contributed by atoms with E-state index in [9.17, 15) is 14.0 Å². The summed E-state index contributed by atoms with van der Waals surface area (Å²) in [5, 5.41) is 2.77. The van der Waals surface area contributed by atoms with Crippen molar-refractivity contribution in [2.75, 3.05) is 5.32 Å². The molecular weight excluding hydrogens is 365 g/mol. The number of carbonyl (C=O) groups excluding carboxylic acids is 1. The normalized spacial score (nSPS) is 11.1. The third-order valence-electron chi connectivity index (χ3n) is 4.37. The summed E-state index contributed by atoms with van der Waals surface area (Å²) in [5.74, 6) is -0.412. The summed E-state index contributed by atoms with van der Waals surface area (Å²) in [5.41, 5.74) is 2.52. The molecule has 0 saturated heterocycles. The first-order chi connectivity index (χ1) is 13.4. The molecule has 7 nitrogen and oxygen atoms in total. The van der Waals surface area contributed by atoms with Crippen LogP contribution in [0.5, 0.6) is 0 Å². The number of carbonyl (C=O) groups is 1. The Labute approximate surface area is 158 Å². The minimum absolute atomic E-state index is 0.00694. The molecule has 4 aromatic rings. The van der Waals surface area contributed by atoms with Crippen LogP contribution in [0.4, 0.5) is 10.1 Å². The van der Waals surface area contributed by atoms with Crippen LogP contribution in [-0.4, -0.2) is 15.5 Å². The van der Waals surface area contributed by atoms with Crippen molar-refractivity contribution in [3.8, 4) is 11.5 Å². The number of aryl methyl sites for hydroxylation is 2. The van der Waals surface area contributed by atoms with Crippen molar-refractivity contribution in [2.45, 2.75) is 13.3 Å². The first-order valence-corrected chi connectivity index (χ1v) is 8.52. The Morgan fingerprint density at radius 1 is 1.21 bits per heavy atom. The van der Waals surface area contributed by atoms with Crippen LogP contribution in [0.15, 0.2) is 56.1 Å². The van der Waals surface area contributed by atoms with E-state index in [1.165, 1.54) is 16.7 Å². The maximum atomic E-state index is 13.4. The molecule has 142 valence electrons. The SMILES string of the molecule is Cc1oc(-c2cccc(F)c2)nc1CC(=O)Nc1ccc2oc(=O)n(C)c2c1. The van der Waals surface area contributed by atoms with Gasteiger partial charge in [0.1, 0.15) is 11.6 Å². The molecule has 0 unspecified atom stereocenters. The Morgan fingerprint density at radius 2 is 2.04 bits per heavy atom. The summed E-state index contributed by atoms with van der Waals surface area (Å²) in [6.07, 6.45) is -0.00694. The van der Waals surface area contributed by atoms with Crippen LogP contribution < -0.4 is 11.1 Å². The number of hydrogen-bond donors (Lipinski definition) is 1. The fourth-order valence-electron chi connectivity index (χ4n) is 2.90. The van der Waals surface area contributed by atoms with Gasteiger partial charge in [-0.3, -0.25) is 9.36 Å². The standard InChI is InChI=1S/C20H16FN3O4/c1-11-15(23-19(27-11)12-4-3-5-13(21)8-12)10-18(25)22-14-6-7-17-16(9-14)24(2)20(26)28-17/h3-9H,10H2,1-2H3,(H,22,25). The first kappa shape index (κ1) is 17.7. The molecule has 1 N–H and O–H groups in total. The molecule has 2 heterocycles. The molecule has 4 rings (SSSR count).